The van der Waals surface area contributed by atoms with Gasteiger partial charge in [-0.3, -0.25) is 0 Å². The minimum atomic E-state index is -0.353. The molecule has 1 radical (unpaired) electrons. The third-order valence-electron chi connectivity index (χ3n) is 5.59. The Hall–Kier alpha value is -0.505. The zero-order valence-electron chi connectivity index (χ0n) is 15.3. The van der Waals surface area contributed by atoms with Crippen molar-refractivity contribution < 1.29 is 9.31 Å². The first-order chi connectivity index (χ1) is 10.4. The Balaban J connectivity index is 1.79. The van der Waals surface area contributed by atoms with E-state index in [2.05, 4.69) is 60.6 Å². The molecule has 0 bridgehead atoms. The third kappa shape index (κ3) is 3.08. The average molecular weight is 334 g/mol. The maximum Gasteiger partial charge on any atom is 0.494 e. The second-order valence-corrected chi connectivity index (χ2v) is 9.38. The fourth-order valence-corrected chi connectivity index (χ4v) is 3.52. The number of hydrogen-bond acceptors (Lipinski definition) is 2. The zero-order valence-corrected chi connectivity index (χ0v) is 16.0. The minimum absolute atomic E-state index is 0.309. The molecule has 0 N–H and O–H groups in total. The SMILES string of the molecule is CC(C)(C)C1C[C]1c1ccc(B2OC(C)(C)C(C)(C)O2)cc1Cl. The Labute approximate surface area is 146 Å². The quantitative estimate of drug-likeness (QED) is 0.735. The largest absolute Gasteiger partial charge is 0.494 e. The van der Waals surface area contributed by atoms with Crippen molar-refractivity contribution in [2.24, 2.45) is 11.3 Å². The van der Waals surface area contributed by atoms with Gasteiger partial charge in [0.1, 0.15) is 0 Å². The molecule has 1 aliphatic carbocycles. The molecule has 3 rings (SSSR count). The van der Waals surface area contributed by atoms with Gasteiger partial charge in [0.25, 0.3) is 0 Å². The molecule has 1 aromatic carbocycles. The molecule has 1 atom stereocenters. The molecule has 2 fully saturated rings. The molecular formula is C19H27BClO2. The Morgan fingerprint density at radius 2 is 1.65 bits per heavy atom. The first-order valence-electron chi connectivity index (χ1n) is 8.43. The van der Waals surface area contributed by atoms with E-state index in [0.29, 0.717) is 11.3 Å². The van der Waals surface area contributed by atoms with E-state index in [4.69, 9.17) is 20.9 Å². The molecule has 125 valence electrons. The summed E-state index contributed by atoms with van der Waals surface area (Å²) in [6.07, 6.45) is 1.15. The molecule has 0 amide bonds. The summed E-state index contributed by atoms with van der Waals surface area (Å²) in [5.74, 6) is 2.12. The summed E-state index contributed by atoms with van der Waals surface area (Å²) in [5, 5.41) is 0.805. The van der Waals surface area contributed by atoms with Crippen LogP contribution in [0.2, 0.25) is 5.02 Å². The van der Waals surface area contributed by atoms with Crippen molar-refractivity contribution >= 4 is 24.2 Å². The van der Waals surface area contributed by atoms with Crippen molar-refractivity contribution in [3.63, 3.8) is 0 Å². The van der Waals surface area contributed by atoms with Crippen molar-refractivity contribution in [2.75, 3.05) is 0 Å². The van der Waals surface area contributed by atoms with Crippen molar-refractivity contribution in [3.05, 3.63) is 34.7 Å². The first kappa shape index (κ1) is 17.3. The van der Waals surface area contributed by atoms with E-state index in [9.17, 15) is 0 Å². The standard InChI is InChI=1S/C19H27BClO2/c1-17(2,3)15-11-14(15)13-9-8-12(10-16(13)21)20-22-18(4,5)19(6,7)23-20/h8-10,15H,11H2,1-7H3. The summed E-state index contributed by atoms with van der Waals surface area (Å²) in [5.41, 5.74) is 1.83. The Bertz CT molecular complexity index is 602. The van der Waals surface area contributed by atoms with E-state index in [1.807, 2.05) is 6.07 Å². The second kappa shape index (κ2) is 5.24. The van der Waals surface area contributed by atoms with E-state index >= 15 is 0 Å². The van der Waals surface area contributed by atoms with Crippen molar-refractivity contribution in [3.8, 4) is 0 Å². The van der Waals surface area contributed by atoms with Gasteiger partial charge in [0.2, 0.25) is 0 Å². The van der Waals surface area contributed by atoms with Crippen LogP contribution in [-0.4, -0.2) is 18.3 Å². The van der Waals surface area contributed by atoms with E-state index in [1.54, 1.807) is 0 Å². The summed E-state index contributed by atoms with van der Waals surface area (Å²) in [4.78, 5) is 0. The fourth-order valence-electron chi connectivity index (χ4n) is 3.21. The fraction of sp³-hybridized carbons (Fsp3) is 0.632. The molecule has 4 heteroatoms. The molecular weight excluding hydrogens is 306 g/mol. The van der Waals surface area contributed by atoms with Gasteiger partial charge in [-0.25, -0.2) is 0 Å². The highest BCUT2D eigenvalue weighted by molar-refractivity contribution is 6.62. The lowest BCUT2D eigenvalue weighted by molar-refractivity contribution is 0.00578. The Kier molecular flexibility index (Phi) is 3.95. The van der Waals surface area contributed by atoms with Crippen molar-refractivity contribution in [1.82, 2.24) is 0 Å². The monoisotopic (exact) mass is 333 g/mol. The van der Waals surface area contributed by atoms with Gasteiger partial charge in [-0.1, -0.05) is 44.5 Å². The molecule has 1 saturated heterocycles. The number of benzene rings is 1. The molecule has 1 saturated carbocycles. The predicted octanol–water partition coefficient (Wildman–Crippen LogP) is 4.63. The van der Waals surface area contributed by atoms with Crippen LogP contribution in [0.1, 0.15) is 60.5 Å². The van der Waals surface area contributed by atoms with E-state index in [-0.39, 0.29) is 18.3 Å². The predicted molar refractivity (Wildman–Crippen MR) is 97.1 cm³/mol. The van der Waals surface area contributed by atoms with Crippen LogP contribution in [0.25, 0.3) is 0 Å². The van der Waals surface area contributed by atoms with Gasteiger partial charge < -0.3 is 9.31 Å². The van der Waals surface area contributed by atoms with Gasteiger partial charge in [-0.05, 0) is 62.5 Å². The molecule has 1 unspecified atom stereocenters. The summed E-state index contributed by atoms with van der Waals surface area (Å²) in [6.45, 7) is 15.1. The van der Waals surface area contributed by atoms with Crippen LogP contribution < -0.4 is 5.46 Å². The number of halogens is 1. The van der Waals surface area contributed by atoms with Crippen LogP contribution >= 0.6 is 11.6 Å². The topological polar surface area (TPSA) is 18.5 Å². The van der Waals surface area contributed by atoms with Crippen molar-refractivity contribution in [1.29, 1.82) is 0 Å². The van der Waals surface area contributed by atoms with Crippen LogP contribution in [0, 0.1) is 17.3 Å². The molecule has 1 aliphatic heterocycles. The van der Waals surface area contributed by atoms with Gasteiger partial charge in [0, 0.05) is 10.9 Å². The highest BCUT2D eigenvalue weighted by Crippen LogP contribution is 2.56. The summed E-state index contributed by atoms with van der Waals surface area (Å²) in [7, 11) is -0.353. The van der Waals surface area contributed by atoms with Crippen LogP contribution in [0.3, 0.4) is 0 Å². The van der Waals surface area contributed by atoms with Gasteiger partial charge in [0.05, 0.1) is 11.2 Å². The number of hydrogen-bond donors (Lipinski definition) is 0. The molecule has 1 heterocycles. The van der Waals surface area contributed by atoms with E-state index < -0.39 is 0 Å². The summed E-state index contributed by atoms with van der Waals surface area (Å²) >= 11 is 6.57. The summed E-state index contributed by atoms with van der Waals surface area (Å²) < 4.78 is 12.2. The van der Waals surface area contributed by atoms with Crippen LogP contribution in [0.4, 0.5) is 0 Å². The maximum atomic E-state index is 6.57. The smallest absolute Gasteiger partial charge is 0.399 e. The highest BCUT2D eigenvalue weighted by Gasteiger charge is 2.52. The van der Waals surface area contributed by atoms with Crippen LogP contribution in [0.5, 0.6) is 0 Å². The lowest BCUT2D eigenvalue weighted by atomic mass is 9.78. The van der Waals surface area contributed by atoms with E-state index in [1.165, 1.54) is 11.5 Å². The van der Waals surface area contributed by atoms with Crippen LogP contribution in [-0.2, 0) is 9.31 Å². The van der Waals surface area contributed by atoms with Crippen molar-refractivity contribution in [2.45, 2.75) is 66.1 Å². The number of rotatable bonds is 2. The summed E-state index contributed by atoms with van der Waals surface area (Å²) in [6, 6.07) is 6.22. The molecule has 2 aliphatic rings. The normalized spacial score (nSPS) is 26.6. The second-order valence-electron chi connectivity index (χ2n) is 8.98. The minimum Gasteiger partial charge on any atom is -0.399 e. The van der Waals surface area contributed by atoms with Gasteiger partial charge in [0.15, 0.2) is 0 Å². The molecule has 0 spiro atoms. The molecule has 0 aromatic heterocycles. The van der Waals surface area contributed by atoms with Gasteiger partial charge in [-0.2, -0.15) is 0 Å². The van der Waals surface area contributed by atoms with Gasteiger partial charge >= 0.3 is 7.12 Å². The molecule has 23 heavy (non-hydrogen) atoms. The molecule has 2 nitrogen and oxygen atoms in total. The van der Waals surface area contributed by atoms with Crippen LogP contribution in [0.15, 0.2) is 18.2 Å². The lowest BCUT2D eigenvalue weighted by Gasteiger charge is -2.32. The molecule has 1 aromatic rings. The average Bonchev–Trinajstić information content (AvgIpc) is 3.13. The highest BCUT2D eigenvalue weighted by atomic mass is 35.5. The van der Waals surface area contributed by atoms with E-state index in [0.717, 1.165) is 16.9 Å². The zero-order chi connectivity index (χ0) is 17.2. The lowest BCUT2D eigenvalue weighted by Crippen LogP contribution is -2.41. The maximum absolute atomic E-state index is 6.57. The van der Waals surface area contributed by atoms with Gasteiger partial charge in [-0.15, -0.1) is 0 Å². The Morgan fingerprint density at radius 1 is 1.09 bits per heavy atom. The first-order valence-corrected chi connectivity index (χ1v) is 8.81. The third-order valence-corrected chi connectivity index (χ3v) is 5.91. The Morgan fingerprint density at radius 3 is 2.09 bits per heavy atom.